The monoisotopic (exact) mass is 469 g/mol. The van der Waals surface area contributed by atoms with E-state index in [0.29, 0.717) is 11.5 Å². The van der Waals surface area contributed by atoms with Crippen LogP contribution >= 0.6 is 11.6 Å². The molecule has 0 radical (unpaired) electrons. The van der Waals surface area contributed by atoms with Gasteiger partial charge in [0, 0.05) is 46.2 Å². The third-order valence-electron chi connectivity index (χ3n) is 7.74. The largest absolute Gasteiger partial charge is 0.316 e. The highest BCUT2D eigenvalue weighted by atomic mass is 35.5. The predicted molar refractivity (Wildman–Crippen MR) is 134 cm³/mol. The third-order valence-corrected chi connectivity index (χ3v) is 8.22. The van der Waals surface area contributed by atoms with Crippen LogP contribution in [-0.4, -0.2) is 43.3 Å². The Kier molecular flexibility index (Phi) is 4.20. The van der Waals surface area contributed by atoms with Gasteiger partial charge >= 0.3 is 0 Å². The van der Waals surface area contributed by atoms with Crippen LogP contribution < -0.4 is 5.32 Å². The summed E-state index contributed by atoms with van der Waals surface area (Å²) < 4.78 is 2.24. The number of hydrogen-bond acceptors (Lipinski definition) is 5. The summed E-state index contributed by atoms with van der Waals surface area (Å²) in [4.78, 5) is 0. The van der Waals surface area contributed by atoms with Crippen LogP contribution in [-0.2, 0) is 0 Å². The first-order valence-electron chi connectivity index (χ1n) is 11.7. The van der Waals surface area contributed by atoms with E-state index in [-0.39, 0.29) is 0 Å². The quantitative estimate of drug-likeness (QED) is 0.378. The molecule has 2 N–H and O–H groups in total. The van der Waals surface area contributed by atoms with E-state index in [4.69, 9.17) is 16.7 Å². The Morgan fingerprint density at radius 3 is 2.74 bits per heavy atom. The molecule has 170 valence electrons. The van der Waals surface area contributed by atoms with E-state index in [1.165, 1.54) is 0 Å². The predicted octanol–water partition coefficient (Wildman–Crippen LogP) is 5.23. The van der Waals surface area contributed by atoms with Crippen molar-refractivity contribution in [1.29, 1.82) is 0 Å². The van der Waals surface area contributed by atoms with Crippen molar-refractivity contribution in [2.45, 2.75) is 32.7 Å². The van der Waals surface area contributed by atoms with Crippen molar-refractivity contribution in [2.75, 3.05) is 13.1 Å². The van der Waals surface area contributed by atoms with Crippen molar-refractivity contribution in [3.05, 3.63) is 59.0 Å². The van der Waals surface area contributed by atoms with Crippen LogP contribution in [0.15, 0.2) is 42.7 Å². The first-order chi connectivity index (χ1) is 16.5. The summed E-state index contributed by atoms with van der Waals surface area (Å²) in [6, 6.07) is 10.7. The van der Waals surface area contributed by atoms with E-state index in [1.54, 1.807) is 6.20 Å². The van der Waals surface area contributed by atoms with Crippen LogP contribution in [0.2, 0.25) is 5.02 Å². The summed E-state index contributed by atoms with van der Waals surface area (Å²) >= 11 is 7.00. The lowest BCUT2D eigenvalue weighted by Crippen LogP contribution is -2.60. The fourth-order valence-electron chi connectivity index (χ4n) is 5.84. The average molecular weight is 470 g/mol. The van der Waals surface area contributed by atoms with Crippen molar-refractivity contribution < 1.29 is 0 Å². The van der Waals surface area contributed by atoms with Crippen molar-refractivity contribution in [2.24, 2.45) is 5.41 Å². The zero-order chi connectivity index (χ0) is 23.0. The van der Waals surface area contributed by atoms with Crippen LogP contribution in [0.3, 0.4) is 0 Å². The molecule has 8 heteroatoms. The molecule has 7 rings (SSSR count). The molecule has 0 bridgehead atoms. The molecule has 1 aliphatic heterocycles. The number of halogens is 1. The van der Waals surface area contributed by atoms with Gasteiger partial charge in [-0.3, -0.25) is 9.78 Å². The number of nitrogens with zero attached hydrogens (tertiary/aromatic N) is 5. The molecule has 4 heterocycles. The van der Waals surface area contributed by atoms with E-state index in [2.05, 4.69) is 55.5 Å². The number of nitrogens with one attached hydrogen (secondary N) is 2. The fourth-order valence-corrected chi connectivity index (χ4v) is 6.09. The number of H-pyrrole nitrogens is 1. The molecular formula is C26H24ClN7. The van der Waals surface area contributed by atoms with Gasteiger partial charge in [-0.2, -0.15) is 20.4 Å². The molecule has 1 saturated heterocycles. The van der Waals surface area contributed by atoms with E-state index in [0.717, 1.165) is 86.4 Å². The van der Waals surface area contributed by atoms with Gasteiger partial charge in [-0.05, 0) is 61.9 Å². The van der Waals surface area contributed by atoms with Crippen molar-refractivity contribution in [3.63, 3.8) is 0 Å². The maximum absolute atomic E-state index is 7.00. The van der Waals surface area contributed by atoms with Gasteiger partial charge in [-0.1, -0.05) is 17.7 Å². The molecule has 1 saturated carbocycles. The molecule has 0 atom stereocenters. The zero-order valence-electron chi connectivity index (χ0n) is 19.1. The number of rotatable bonds is 3. The second-order valence-electron chi connectivity index (χ2n) is 9.94. The van der Waals surface area contributed by atoms with Gasteiger partial charge < -0.3 is 5.32 Å². The lowest BCUT2D eigenvalue weighted by Gasteiger charge is -2.54. The highest BCUT2D eigenvalue weighted by Crippen LogP contribution is 2.53. The Labute approximate surface area is 201 Å². The zero-order valence-corrected chi connectivity index (χ0v) is 19.8. The average Bonchev–Trinajstić information content (AvgIpc) is 3.37. The summed E-state index contributed by atoms with van der Waals surface area (Å²) in [5.41, 5.74) is 8.54. The topological polar surface area (TPSA) is 84.3 Å². The van der Waals surface area contributed by atoms with E-state index >= 15 is 0 Å². The third kappa shape index (κ3) is 2.80. The van der Waals surface area contributed by atoms with Crippen LogP contribution in [0.1, 0.15) is 30.1 Å². The fraction of sp³-hybridized carbons (Fsp3) is 0.308. The summed E-state index contributed by atoms with van der Waals surface area (Å²) in [5, 5.41) is 27.2. The molecule has 1 aliphatic carbocycles. The normalized spacial score (nSPS) is 17.4. The van der Waals surface area contributed by atoms with E-state index < -0.39 is 0 Å². The molecular weight excluding hydrogens is 446 g/mol. The summed E-state index contributed by atoms with van der Waals surface area (Å²) in [5.74, 6) is 0. The Morgan fingerprint density at radius 1 is 1.09 bits per heavy atom. The van der Waals surface area contributed by atoms with Crippen molar-refractivity contribution >= 4 is 33.4 Å². The highest BCUT2D eigenvalue weighted by molar-refractivity contribution is 6.36. The minimum atomic E-state index is 0.407. The first kappa shape index (κ1) is 20.1. The van der Waals surface area contributed by atoms with Crippen LogP contribution in [0.5, 0.6) is 0 Å². The number of benzene rings is 2. The molecule has 0 unspecified atom stereocenters. The smallest absolute Gasteiger partial charge is 0.101 e. The van der Waals surface area contributed by atoms with Crippen molar-refractivity contribution in [3.8, 4) is 22.4 Å². The van der Waals surface area contributed by atoms with Gasteiger partial charge in [0.2, 0.25) is 0 Å². The van der Waals surface area contributed by atoms with Gasteiger partial charge in [-0.25, -0.2) is 0 Å². The maximum atomic E-state index is 7.00. The van der Waals surface area contributed by atoms with Crippen molar-refractivity contribution in [1.82, 2.24) is 35.5 Å². The lowest BCUT2D eigenvalue weighted by atomic mass is 9.61. The van der Waals surface area contributed by atoms with E-state index in [9.17, 15) is 0 Å². The molecule has 5 aromatic rings. The molecule has 1 spiro atoms. The highest BCUT2D eigenvalue weighted by Gasteiger charge is 2.50. The lowest BCUT2D eigenvalue weighted by molar-refractivity contribution is 0.00164. The van der Waals surface area contributed by atoms with Gasteiger partial charge in [0.25, 0.3) is 0 Å². The number of aromatic amines is 1. The molecule has 2 aliphatic rings. The second-order valence-corrected chi connectivity index (χ2v) is 10.3. The molecule has 0 amide bonds. The SMILES string of the molecule is Cc1cc2[nH]ncc2c(-c2c(-c3ccc4nnccc4c3)nn(C3CC4(CNC4)C3)c2C)c1Cl. The second kappa shape index (κ2) is 7.10. The Balaban J connectivity index is 1.47. The molecule has 2 aromatic carbocycles. The first-order valence-corrected chi connectivity index (χ1v) is 12.0. The molecule has 2 fully saturated rings. The molecule has 34 heavy (non-hydrogen) atoms. The van der Waals surface area contributed by atoms with Gasteiger partial charge in [-0.15, -0.1) is 0 Å². The Hall–Kier alpha value is -3.29. The van der Waals surface area contributed by atoms with Gasteiger partial charge in [0.1, 0.15) is 5.69 Å². The summed E-state index contributed by atoms with van der Waals surface area (Å²) in [6.45, 7) is 6.45. The number of aryl methyl sites for hydroxylation is 1. The summed E-state index contributed by atoms with van der Waals surface area (Å²) in [7, 11) is 0. The van der Waals surface area contributed by atoms with Gasteiger partial charge in [0.05, 0.1) is 34.5 Å². The van der Waals surface area contributed by atoms with Gasteiger partial charge in [0.15, 0.2) is 0 Å². The molecule has 7 nitrogen and oxygen atoms in total. The van der Waals surface area contributed by atoms with Crippen LogP contribution in [0.25, 0.3) is 44.2 Å². The Bertz CT molecular complexity index is 1590. The minimum Gasteiger partial charge on any atom is -0.316 e. The van der Waals surface area contributed by atoms with Crippen LogP contribution in [0.4, 0.5) is 0 Å². The Morgan fingerprint density at radius 2 is 1.94 bits per heavy atom. The molecule has 3 aromatic heterocycles. The minimum absolute atomic E-state index is 0.407. The summed E-state index contributed by atoms with van der Waals surface area (Å²) in [6.07, 6.45) is 5.92. The number of hydrogen-bond donors (Lipinski definition) is 2. The number of fused-ring (bicyclic) bond motifs is 2. The standard InChI is InChI=1S/C26H24ClN7/c1-14-7-21-19(11-30-32-21)23(24(14)27)22-15(2)34(18-9-26(10-18)12-28-13-26)33-25(22)17-3-4-20-16(8-17)5-6-29-31-20/h3-8,11,18,28H,9-10,12-13H2,1-2H3,(H,30,32). The van der Waals surface area contributed by atoms with E-state index in [1.807, 2.05) is 25.3 Å². The maximum Gasteiger partial charge on any atom is 0.101 e. The number of aromatic nitrogens is 6. The van der Waals surface area contributed by atoms with Crippen LogP contribution in [0, 0.1) is 19.3 Å².